The normalized spacial score (nSPS) is 14.9. The Morgan fingerprint density at radius 3 is 2.22 bits per heavy atom. The summed E-state index contributed by atoms with van der Waals surface area (Å²) in [6.45, 7) is 1.32. The van der Waals surface area contributed by atoms with E-state index in [0.29, 0.717) is 11.3 Å². The van der Waals surface area contributed by atoms with Crippen molar-refractivity contribution in [2.75, 3.05) is 0 Å². The summed E-state index contributed by atoms with van der Waals surface area (Å²) in [6, 6.07) is 1.52. The van der Waals surface area contributed by atoms with Gasteiger partial charge in [0.15, 0.2) is 0 Å². The van der Waals surface area contributed by atoms with Gasteiger partial charge in [-0.05, 0) is 19.1 Å². The fourth-order valence-corrected chi connectivity index (χ4v) is 3.62. The van der Waals surface area contributed by atoms with Gasteiger partial charge in [0.25, 0.3) is 10.0 Å². The van der Waals surface area contributed by atoms with Crippen molar-refractivity contribution < 1.29 is 25.6 Å². The van der Waals surface area contributed by atoms with Gasteiger partial charge >= 0.3 is 5.76 Å². The smallest absolute Gasteiger partial charge is 0.224 e. The highest BCUT2D eigenvalue weighted by Crippen LogP contribution is 2.26. The van der Waals surface area contributed by atoms with E-state index >= 15 is 0 Å². The van der Waals surface area contributed by atoms with Gasteiger partial charge in [-0.25, -0.2) is 26.7 Å². The van der Waals surface area contributed by atoms with Crippen molar-refractivity contribution in [1.82, 2.24) is 4.72 Å². The van der Waals surface area contributed by atoms with Crippen LogP contribution in [0.25, 0.3) is 0 Å². The highest BCUT2D eigenvalue weighted by Gasteiger charge is 2.27. The summed E-state index contributed by atoms with van der Waals surface area (Å²) in [5.74, 6) is -3.54. The minimum absolute atomic E-state index is 0.166. The van der Waals surface area contributed by atoms with Crippen LogP contribution < -0.4 is 9.86 Å². The Balaban J connectivity index is 2.93. The first-order valence-electron chi connectivity index (χ1n) is 4.46. The number of primary sulfonamides is 1. The maximum absolute atomic E-state index is 12.1. The van der Waals surface area contributed by atoms with Gasteiger partial charge in [-0.1, -0.05) is 0 Å². The van der Waals surface area contributed by atoms with Crippen molar-refractivity contribution in [2.24, 2.45) is 5.14 Å². The van der Waals surface area contributed by atoms with E-state index < -0.39 is 31.8 Å². The summed E-state index contributed by atoms with van der Waals surface area (Å²) in [5, 5.41) is 4.87. The number of nitrogens with two attached hydrogens (primary N) is 1. The van der Waals surface area contributed by atoms with Gasteiger partial charge in [-0.15, -0.1) is 11.3 Å². The van der Waals surface area contributed by atoms with Gasteiger partial charge in [0.2, 0.25) is 10.0 Å². The first kappa shape index (κ1) is 15.4. The highest BCUT2D eigenvalue weighted by atomic mass is 32.2. The summed E-state index contributed by atoms with van der Waals surface area (Å²) >= 11 is 0.716. The van der Waals surface area contributed by atoms with E-state index in [2.05, 4.69) is 0 Å². The predicted molar refractivity (Wildman–Crippen MR) is 62.2 cm³/mol. The highest BCUT2D eigenvalue weighted by molar-refractivity contribution is 7.91. The first-order valence-corrected chi connectivity index (χ1v) is 8.37. The lowest BCUT2D eigenvalue weighted by molar-refractivity contribution is 0.231. The van der Waals surface area contributed by atoms with E-state index in [9.17, 15) is 25.6 Å². The quantitative estimate of drug-likeness (QED) is 0.828. The zero-order valence-electron chi connectivity index (χ0n) is 9.00. The Morgan fingerprint density at radius 2 is 1.83 bits per heavy atom. The van der Waals surface area contributed by atoms with E-state index in [-0.39, 0.29) is 9.09 Å². The molecule has 0 aliphatic carbocycles. The maximum atomic E-state index is 12.1. The number of hydrogen-bond acceptors (Lipinski definition) is 5. The molecule has 0 aliphatic heterocycles. The average molecular weight is 320 g/mol. The third-order valence-corrected chi connectivity index (χ3v) is 5.74. The van der Waals surface area contributed by atoms with Crippen LogP contribution in [0.4, 0.5) is 8.78 Å². The summed E-state index contributed by atoms with van der Waals surface area (Å²) in [4.78, 5) is 0.267. The molecule has 6 nitrogen and oxygen atoms in total. The van der Waals surface area contributed by atoms with Crippen LogP contribution in [0.1, 0.15) is 17.8 Å². The Bertz CT molecular complexity index is 623. The van der Waals surface area contributed by atoms with E-state index in [4.69, 9.17) is 5.14 Å². The Labute approximate surface area is 107 Å². The van der Waals surface area contributed by atoms with Crippen molar-refractivity contribution in [3.63, 3.8) is 0 Å². The molecular weight excluding hydrogens is 310 g/mol. The lowest BCUT2D eigenvalue weighted by Gasteiger charge is -2.11. The third kappa shape index (κ3) is 3.68. The van der Waals surface area contributed by atoms with Crippen molar-refractivity contribution in [1.29, 1.82) is 0 Å². The standard InChI is InChI=1S/C7H10F2N2O4S3/c1-4(11-18(14,15)7(8)9)5-2-3-6(16-5)17(10,12)13/h2-4,7,11H,1H3,(H2,10,12,13). The van der Waals surface area contributed by atoms with Gasteiger partial charge in [0, 0.05) is 4.88 Å². The fraction of sp³-hybridized carbons (Fsp3) is 0.429. The molecule has 18 heavy (non-hydrogen) atoms. The topological polar surface area (TPSA) is 106 Å². The minimum Gasteiger partial charge on any atom is -0.224 e. The van der Waals surface area contributed by atoms with Crippen LogP contribution in [-0.4, -0.2) is 22.6 Å². The van der Waals surface area contributed by atoms with Crippen LogP contribution in [0, 0.1) is 0 Å². The average Bonchev–Trinajstić information content (AvgIpc) is 2.64. The van der Waals surface area contributed by atoms with E-state index in [1.54, 1.807) is 4.72 Å². The first-order chi connectivity index (χ1) is 8.04. The summed E-state index contributed by atoms with van der Waals surface area (Å²) in [6.07, 6.45) is 0. The molecule has 1 heterocycles. The largest absolute Gasteiger partial charge is 0.350 e. The zero-order valence-corrected chi connectivity index (χ0v) is 11.4. The Hall–Kier alpha value is -0.620. The van der Waals surface area contributed by atoms with Crippen LogP contribution >= 0.6 is 11.3 Å². The van der Waals surface area contributed by atoms with Crippen molar-refractivity contribution in [2.45, 2.75) is 22.9 Å². The summed E-state index contributed by atoms with van der Waals surface area (Å²) < 4.78 is 69.6. The number of thiophene rings is 1. The van der Waals surface area contributed by atoms with Crippen LogP contribution in [0.15, 0.2) is 16.3 Å². The lowest BCUT2D eigenvalue weighted by Crippen LogP contribution is -2.31. The molecule has 1 unspecified atom stereocenters. The monoisotopic (exact) mass is 320 g/mol. The molecule has 0 spiro atoms. The molecule has 0 aromatic carbocycles. The molecule has 0 fully saturated rings. The molecule has 0 aliphatic rings. The lowest BCUT2D eigenvalue weighted by atomic mass is 10.3. The number of rotatable bonds is 5. The Kier molecular flexibility index (Phi) is 4.43. The molecule has 1 aromatic rings. The van der Waals surface area contributed by atoms with Crippen molar-refractivity contribution >= 4 is 31.4 Å². The van der Waals surface area contributed by atoms with Gasteiger partial charge in [0.1, 0.15) is 4.21 Å². The number of halogens is 2. The molecule has 11 heteroatoms. The van der Waals surface area contributed by atoms with Crippen LogP contribution in [0.5, 0.6) is 0 Å². The summed E-state index contributed by atoms with van der Waals surface area (Å²) in [7, 11) is -8.61. The maximum Gasteiger partial charge on any atom is 0.350 e. The van der Waals surface area contributed by atoms with Gasteiger partial charge < -0.3 is 0 Å². The second-order valence-electron chi connectivity index (χ2n) is 3.35. The molecule has 0 amide bonds. The predicted octanol–water partition coefficient (Wildman–Crippen LogP) is 0.599. The summed E-state index contributed by atoms with van der Waals surface area (Å²) in [5.41, 5.74) is 0. The van der Waals surface area contributed by atoms with Crippen molar-refractivity contribution in [3.8, 4) is 0 Å². The molecule has 0 saturated carbocycles. The molecule has 104 valence electrons. The van der Waals surface area contributed by atoms with Gasteiger partial charge in [0.05, 0.1) is 6.04 Å². The molecular formula is C7H10F2N2O4S3. The van der Waals surface area contributed by atoms with Crippen LogP contribution in [0.2, 0.25) is 0 Å². The number of nitrogens with one attached hydrogen (secondary N) is 1. The third-order valence-electron chi connectivity index (χ3n) is 1.88. The van der Waals surface area contributed by atoms with Crippen molar-refractivity contribution in [3.05, 3.63) is 17.0 Å². The number of sulfonamides is 2. The van der Waals surface area contributed by atoms with Crippen LogP contribution in [-0.2, 0) is 20.0 Å². The molecule has 1 rings (SSSR count). The molecule has 1 atom stereocenters. The molecule has 0 bridgehead atoms. The molecule has 1 aromatic heterocycles. The zero-order chi connectivity index (χ0) is 14.1. The van der Waals surface area contributed by atoms with Gasteiger partial charge in [-0.3, -0.25) is 0 Å². The minimum atomic E-state index is -4.73. The second-order valence-corrected chi connectivity index (χ2v) is 7.93. The molecule has 3 N–H and O–H groups in total. The van der Waals surface area contributed by atoms with Crippen LogP contribution in [0.3, 0.4) is 0 Å². The van der Waals surface area contributed by atoms with E-state index in [1.165, 1.54) is 19.1 Å². The molecule has 0 saturated heterocycles. The fourth-order valence-electron chi connectivity index (χ4n) is 1.08. The number of hydrogen-bond donors (Lipinski definition) is 2. The SMILES string of the molecule is CC(NS(=O)(=O)C(F)F)c1ccc(S(N)(=O)=O)s1. The number of alkyl halides is 2. The Morgan fingerprint density at radius 1 is 1.28 bits per heavy atom. The van der Waals surface area contributed by atoms with E-state index in [1.807, 2.05) is 0 Å². The van der Waals surface area contributed by atoms with Gasteiger partial charge in [-0.2, -0.15) is 8.78 Å². The second kappa shape index (κ2) is 5.17. The molecule has 0 radical (unpaired) electrons. The van der Waals surface area contributed by atoms with E-state index in [0.717, 1.165) is 0 Å².